The lowest BCUT2D eigenvalue weighted by Crippen LogP contribution is -2.59. The summed E-state index contributed by atoms with van der Waals surface area (Å²) in [5.41, 5.74) is 3.91. The number of hydrogen-bond acceptors (Lipinski definition) is 3. The first kappa shape index (κ1) is 14.8. The van der Waals surface area contributed by atoms with Gasteiger partial charge in [0.15, 0.2) is 0 Å². The van der Waals surface area contributed by atoms with Crippen LogP contribution in [0.15, 0.2) is 48.5 Å². The molecule has 1 saturated heterocycles. The number of nitrogens with one attached hydrogen (secondary N) is 1. The van der Waals surface area contributed by atoms with E-state index in [1.54, 1.807) is 7.11 Å². The predicted molar refractivity (Wildman–Crippen MR) is 92.1 cm³/mol. The zero-order chi connectivity index (χ0) is 17.3. The molecule has 0 radical (unpaired) electrons. The minimum atomic E-state index is -0.641. The van der Waals surface area contributed by atoms with Crippen LogP contribution in [0.4, 0.5) is 0 Å². The Balaban J connectivity index is 1.96. The molecule has 3 aliphatic carbocycles. The van der Waals surface area contributed by atoms with Crippen molar-refractivity contribution >= 4 is 11.8 Å². The second-order valence-corrected chi connectivity index (χ2v) is 7.26. The summed E-state index contributed by atoms with van der Waals surface area (Å²) in [5, 5.41) is 2.60. The Morgan fingerprint density at radius 3 is 2.08 bits per heavy atom. The van der Waals surface area contributed by atoms with E-state index in [9.17, 15) is 9.59 Å². The van der Waals surface area contributed by atoms with Gasteiger partial charge in [0.05, 0.1) is 23.4 Å². The van der Waals surface area contributed by atoms with Gasteiger partial charge in [-0.2, -0.15) is 0 Å². The van der Waals surface area contributed by atoms with Crippen LogP contribution >= 0.6 is 0 Å². The normalized spacial score (nSPS) is 32.6. The molecule has 6 rings (SSSR count). The average molecular weight is 333 g/mol. The maximum Gasteiger partial charge on any atom is 0.231 e. The van der Waals surface area contributed by atoms with E-state index in [-0.39, 0.29) is 29.8 Å². The third kappa shape index (κ3) is 1.52. The highest BCUT2D eigenvalue weighted by atomic mass is 16.5. The molecule has 0 saturated carbocycles. The van der Waals surface area contributed by atoms with Gasteiger partial charge < -0.3 is 4.74 Å². The summed E-state index contributed by atoms with van der Waals surface area (Å²) in [6.45, 7) is 2.01. The summed E-state index contributed by atoms with van der Waals surface area (Å²) in [4.78, 5) is 25.6. The van der Waals surface area contributed by atoms with Gasteiger partial charge in [-0.05, 0) is 29.2 Å². The highest BCUT2D eigenvalue weighted by molar-refractivity contribution is 6.08. The van der Waals surface area contributed by atoms with E-state index in [4.69, 9.17) is 4.74 Å². The summed E-state index contributed by atoms with van der Waals surface area (Å²) in [5.74, 6) is -1.20. The fourth-order valence-electron chi connectivity index (χ4n) is 5.63. The van der Waals surface area contributed by atoms with Crippen molar-refractivity contribution in [3.05, 3.63) is 70.8 Å². The maximum atomic E-state index is 12.9. The summed E-state index contributed by atoms with van der Waals surface area (Å²) >= 11 is 0. The Labute approximate surface area is 146 Å². The fraction of sp³-hybridized carbons (Fsp3) is 0.333. The monoisotopic (exact) mass is 333 g/mol. The predicted octanol–water partition coefficient (Wildman–Crippen LogP) is 2.36. The number of imide groups is 1. The van der Waals surface area contributed by atoms with E-state index >= 15 is 0 Å². The van der Waals surface area contributed by atoms with Crippen LogP contribution in [0.3, 0.4) is 0 Å². The molecule has 4 aliphatic rings. The van der Waals surface area contributed by atoms with E-state index in [1.807, 2.05) is 31.2 Å². The molecule has 2 bridgehead atoms. The van der Waals surface area contributed by atoms with E-state index in [1.165, 1.54) is 0 Å². The van der Waals surface area contributed by atoms with Crippen LogP contribution in [-0.2, 0) is 19.7 Å². The molecule has 1 fully saturated rings. The highest BCUT2D eigenvalue weighted by Gasteiger charge is 2.67. The minimum absolute atomic E-state index is 0.0743. The van der Waals surface area contributed by atoms with Gasteiger partial charge in [-0.25, -0.2) is 0 Å². The number of rotatable bonds is 2. The molecule has 1 aliphatic heterocycles. The maximum absolute atomic E-state index is 12.9. The first-order chi connectivity index (χ1) is 12.1. The van der Waals surface area contributed by atoms with Gasteiger partial charge in [0, 0.05) is 13.0 Å². The molecule has 0 aromatic heterocycles. The van der Waals surface area contributed by atoms with Crippen molar-refractivity contribution in [3.8, 4) is 0 Å². The molecular weight excluding hydrogens is 314 g/mol. The zero-order valence-electron chi connectivity index (χ0n) is 14.2. The van der Waals surface area contributed by atoms with Crippen molar-refractivity contribution in [1.29, 1.82) is 0 Å². The Morgan fingerprint density at radius 2 is 1.52 bits per heavy atom. The van der Waals surface area contributed by atoms with E-state index in [2.05, 4.69) is 29.6 Å². The van der Waals surface area contributed by atoms with Crippen molar-refractivity contribution in [3.63, 3.8) is 0 Å². The van der Waals surface area contributed by atoms with Crippen LogP contribution in [-0.4, -0.2) is 25.0 Å². The van der Waals surface area contributed by atoms with Crippen LogP contribution in [0.2, 0.25) is 0 Å². The lowest BCUT2D eigenvalue weighted by atomic mass is 9.46. The molecule has 4 nitrogen and oxygen atoms in total. The van der Waals surface area contributed by atoms with Crippen molar-refractivity contribution in [2.45, 2.75) is 24.4 Å². The van der Waals surface area contributed by atoms with Gasteiger partial charge in [0.2, 0.25) is 11.8 Å². The number of carbonyl (C=O) groups is 2. The summed E-state index contributed by atoms with van der Waals surface area (Å²) in [6.07, 6.45) is -0.236. The molecule has 2 amide bonds. The van der Waals surface area contributed by atoms with E-state index in [0.717, 1.165) is 22.3 Å². The third-order valence-corrected chi connectivity index (χ3v) is 6.52. The molecule has 3 atom stereocenters. The van der Waals surface area contributed by atoms with Crippen LogP contribution in [0, 0.1) is 11.8 Å². The Bertz CT molecular complexity index is 871. The van der Waals surface area contributed by atoms with Crippen LogP contribution in [0.1, 0.15) is 35.1 Å². The molecular formula is C21H19NO3. The van der Waals surface area contributed by atoms with E-state index in [0.29, 0.717) is 0 Å². The van der Waals surface area contributed by atoms with Crippen LogP contribution < -0.4 is 5.32 Å². The lowest BCUT2D eigenvalue weighted by Gasteiger charge is -2.56. The van der Waals surface area contributed by atoms with Gasteiger partial charge in [0.1, 0.15) is 0 Å². The number of amides is 2. The topological polar surface area (TPSA) is 55.4 Å². The first-order valence-corrected chi connectivity index (χ1v) is 8.68. The fourth-order valence-corrected chi connectivity index (χ4v) is 5.63. The van der Waals surface area contributed by atoms with Crippen molar-refractivity contribution in [2.75, 3.05) is 7.11 Å². The first-order valence-electron chi connectivity index (χ1n) is 8.68. The smallest absolute Gasteiger partial charge is 0.231 e. The molecule has 126 valence electrons. The number of carbonyl (C=O) groups excluding carboxylic acids is 2. The number of hydrogen-bond donors (Lipinski definition) is 1. The molecule has 0 spiro atoms. The lowest BCUT2D eigenvalue weighted by molar-refractivity contribution is -0.128. The number of methoxy groups -OCH3 is 1. The SMILES string of the molecule is CO[C@H](C)C12c3ccccc3C(c3ccccc31)[C@H]1C(=O)NC(=O)[C@H]12. The molecule has 0 unspecified atom stereocenters. The third-order valence-electron chi connectivity index (χ3n) is 6.52. The van der Waals surface area contributed by atoms with Crippen molar-refractivity contribution < 1.29 is 14.3 Å². The van der Waals surface area contributed by atoms with Gasteiger partial charge in [-0.15, -0.1) is 0 Å². The van der Waals surface area contributed by atoms with Crippen molar-refractivity contribution in [1.82, 2.24) is 5.32 Å². The standard InChI is InChI=1S/C21H19NO3/c1-11(25-2)21-14-9-5-3-7-12(14)16(13-8-4-6-10-15(13)21)17-18(21)20(24)22-19(17)23/h3-11,16-18H,1-2H3,(H,22,23,24)/t11-,16?,17-,18+,21?/m1/s1. The van der Waals surface area contributed by atoms with Crippen LogP contribution in [0.25, 0.3) is 0 Å². The van der Waals surface area contributed by atoms with Gasteiger partial charge in [-0.1, -0.05) is 48.5 Å². The van der Waals surface area contributed by atoms with E-state index < -0.39 is 11.3 Å². The second-order valence-electron chi connectivity index (χ2n) is 7.26. The largest absolute Gasteiger partial charge is 0.380 e. The summed E-state index contributed by atoms with van der Waals surface area (Å²) in [6, 6.07) is 16.4. The van der Waals surface area contributed by atoms with Crippen molar-refractivity contribution in [2.24, 2.45) is 11.8 Å². The molecule has 1 N–H and O–H groups in total. The van der Waals surface area contributed by atoms with Gasteiger partial charge >= 0.3 is 0 Å². The average Bonchev–Trinajstić information content (AvgIpc) is 2.96. The zero-order valence-corrected chi connectivity index (χ0v) is 14.2. The Kier molecular flexibility index (Phi) is 2.85. The second kappa shape index (κ2) is 4.79. The minimum Gasteiger partial charge on any atom is -0.380 e. The summed E-state index contributed by atoms with van der Waals surface area (Å²) < 4.78 is 5.82. The molecule has 25 heavy (non-hydrogen) atoms. The number of ether oxygens (including phenoxy) is 1. The van der Waals surface area contributed by atoms with Crippen LogP contribution in [0.5, 0.6) is 0 Å². The summed E-state index contributed by atoms with van der Waals surface area (Å²) in [7, 11) is 1.68. The molecule has 4 heteroatoms. The molecule has 1 heterocycles. The van der Waals surface area contributed by atoms with Gasteiger partial charge in [0.25, 0.3) is 0 Å². The molecule has 2 aromatic rings. The Morgan fingerprint density at radius 1 is 0.960 bits per heavy atom. The Hall–Kier alpha value is -2.46. The molecule has 2 aromatic carbocycles. The quantitative estimate of drug-likeness (QED) is 0.859. The number of benzene rings is 2. The highest BCUT2D eigenvalue weighted by Crippen LogP contribution is 2.64. The van der Waals surface area contributed by atoms with Gasteiger partial charge in [-0.3, -0.25) is 14.9 Å².